The highest BCUT2D eigenvalue weighted by Crippen LogP contribution is 2.10. The van der Waals surface area contributed by atoms with Gasteiger partial charge in [-0.05, 0) is 24.2 Å². The molecule has 0 aliphatic heterocycles. The first-order chi connectivity index (χ1) is 10.8. The van der Waals surface area contributed by atoms with E-state index in [4.69, 9.17) is 13.6 Å². The Labute approximate surface area is 134 Å². The van der Waals surface area contributed by atoms with E-state index in [1.807, 2.05) is 50.2 Å². The van der Waals surface area contributed by atoms with Crippen molar-refractivity contribution in [1.82, 2.24) is 0 Å². The third-order valence-corrected chi connectivity index (χ3v) is 6.89. The Morgan fingerprint density at radius 2 is 1.23 bits per heavy atom. The van der Waals surface area contributed by atoms with Crippen molar-refractivity contribution in [3.63, 3.8) is 0 Å². The largest absolute Gasteiger partial charge is 0.407 e. The van der Waals surface area contributed by atoms with E-state index in [2.05, 4.69) is 24.3 Å². The Morgan fingerprint density at radius 1 is 0.682 bits per heavy atom. The average Bonchev–Trinajstić information content (AvgIpc) is 2.59. The molecule has 4 heteroatoms. The number of ether oxygens (including phenoxy) is 1. The van der Waals surface area contributed by atoms with E-state index in [1.165, 1.54) is 0 Å². The normalized spacial score (nSPS) is 11.5. The molecule has 3 nitrogen and oxygen atoms in total. The van der Waals surface area contributed by atoms with Gasteiger partial charge in [-0.25, -0.2) is 0 Å². The average molecular weight is 316 g/mol. The molecule has 0 saturated heterocycles. The summed E-state index contributed by atoms with van der Waals surface area (Å²) in [6, 6.07) is 20.5. The Bertz CT molecular complexity index is 491. The Kier molecular flexibility index (Phi) is 6.80. The van der Waals surface area contributed by atoms with Gasteiger partial charge in [0, 0.05) is 13.2 Å². The van der Waals surface area contributed by atoms with Crippen molar-refractivity contribution < 1.29 is 13.6 Å². The molecule has 22 heavy (non-hydrogen) atoms. The number of rotatable bonds is 9. The maximum atomic E-state index is 6.34. The van der Waals surface area contributed by atoms with Crippen LogP contribution in [0, 0.1) is 0 Å². The highest BCUT2D eigenvalue weighted by Gasteiger charge is 2.42. The lowest BCUT2D eigenvalue weighted by molar-refractivity contribution is 0.0933. The third kappa shape index (κ3) is 4.05. The first kappa shape index (κ1) is 16.9. The Balaban J connectivity index is 2.36. The molecule has 0 aliphatic carbocycles. The van der Waals surface area contributed by atoms with Crippen molar-refractivity contribution in [2.24, 2.45) is 0 Å². The lowest BCUT2D eigenvalue weighted by atomic mass is 10.4. The van der Waals surface area contributed by atoms with Crippen molar-refractivity contribution in [3.05, 3.63) is 60.7 Å². The van der Waals surface area contributed by atoms with E-state index >= 15 is 0 Å². The van der Waals surface area contributed by atoms with Crippen molar-refractivity contribution in [2.45, 2.75) is 13.8 Å². The monoisotopic (exact) mass is 316 g/mol. The fourth-order valence-electron chi connectivity index (χ4n) is 2.45. The summed E-state index contributed by atoms with van der Waals surface area (Å²) in [7, 11) is -2.68. The smallest absolute Gasteiger partial charge is 0.388 e. The molecule has 0 unspecified atom stereocenters. The molecule has 0 bridgehead atoms. The predicted octanol–water partition coefficient (Wildman–Crippen LogP) is 2.33. The molecule has 0 radical (unpaired) electrons. The highest BCUT2D eigenvalue weighted by atomic mass is 28.4. The topological polar surface area (TPSA) is 27.7 Å². The van der Waals surface area contributed by atoms with Gasteiger partial charge >= 0.3 is 8.56 Å². The summed E-state index contributed by atoms with van der Waals surface area (Å²) >= 11 is 0. The lowest BCUT2D eigenvalue weighted by Gasteiger charge is -2.31. The van der Waals surface area contributed by atoms with Crippen LogP contribution in [0.2, 0.25) is 0 Å². The van der Waals surface area contributed by atoms with E-state index in [9.17, 15) is 0 Å². The van der Waals surface area contributed by atoms with Crippen LogP contribution in [0.1, 0.15) is 13.8 Å². The van der Waals surface area contributed by atoms with E-state index in [0.29, 0.717) is 26.4 Å². The van der Waals surface area contributed by atoms with E-state index in [0.717, 1.165) is 10.4 Å². The molecule has 0 heterocycles. The summed E-state index contributed by atoms with van der Waals surface area (Å²) < 4.78 is 18.0. The summed E-state index contributed by atoms with van der Waals surface area (Å²) in [6.07, 6.45) is 0. The van der Waals surface area contributed by atoms with Crippen LogP contribution in [-0.4, -0.2) is 35.0 Å². The second kappa shape index (κ2) is 8.85. The van der Waals surface area contributed by atoms with Crippen LogP contribution in [0.5, 0.6) is 0 Å². The molecule has 118 valence electrons. The van der Waals surface area contributed by atoms with Gasteiger partial charge in [-0.15, -0.1) is 0 Å². The van der Waals surface area contributed by atoms with Gasteiger partial charge in [-0.3, -0.25) is 0 Å². The molecule has 0 amide bonds. The van der Waals surface area contributed by atoms with Gasteiger partial charge in [-0.2, -0.15) is 0 Å². The lowest BCUT2D eigenvalue weighted by Crippen LogP contribution is -2.63. The fraction of sp³-hybridized carbons (Fsp3) is 0.333. The van der Waals surface area contributed by atoms with Crippen LogP contribution in [0.25, 0.3) is 0 Å². The van der Waals surface area contributed by atoms with Crippen LogP contribution in [0.15, 0.2) is 60.7 Å². The molecule has 0 aliphatic rings. The molecule has 0 spiro atoms. The SMILES string of the molecule is CCOCCO[Si](OCC)(c1ccccc1)c1ccccc1. The van der Waals surface area contributed by atoms with Crippen LogP contribution < -0.4 is 10.4 Å². The van der Waals surface area contributed by atoms with E-state index in [-0.39, 0.29) is 0 Å². The first-order valence-corrected chi connectivity index (χ1v) is 9.62. The van der Waals surface area contributed by atoms with Gasteiger partial charge in [0.1, 0.15) is 0 Å². The van der Waals surface area contributed by atoms with Gasteiger partial charge in [0.05, 0.1) is 13.2 Å². The molecule has 2 rings (SSSR count). The molecule has 0 atom stereocenters. The van der Waals surface area contributed by atoms with Gasteiger partial charge in [0.2, 0.25) is 0 Å². The number of benzene rings is 2. The zero-order valence-corrected chi connectivity index (χ0v) is 14.3. The van der Waals surface area contributed by atoms with Crippen molar-refractivity contribution in [3.8, 4) is 0 Å². The number of hydrogen-bond donors (Lipinski definition) is 0. The summed E-state index contributed by atoms with van der Waals surface area (Å²) in [4.78, 5) is 0. The van der Waals surface area contributed by atoms with Crippen LogP contribution >= 0.6 is 0 Å². The highest BCUT2D eigenvalue weighted by molar-refractivity contribution is 6.92. The van der Waals surface area contributed by atoms with E-state index < -0.39 is 8.56 Å². The zero-order valence-electron chi connectivity index (χ0n) is 13.3. The molecule has 0 N–H and O–H groups in total. The van der Waals surface area contributed by atoms with Gasteiger partial charge in [-0.1, -0.05) is 60.7 Å². The summed E-state index contributed by atoms with van der Waals surface area (Å²) in [5.41, 5.74) is 0. The molecule has 2 aromatic carbocycles. The molecule has 0 aromatic heterocycles. The van der Waals surface area contributed by atoms with Crippen LogP contribution in [0.4, 0.5) is 0 Å². The minimum atomic E-state index is -2.68. The minimum absolute atomic E-state index is 0.532. The fourth-order valence-corrected chi connectivity index (χ4v) is 5.57. The van der Waals surface area contributed by atoms with Crippen LogP contribution in [0.3, 0.4) is 0 Å². The molecular weight excluding hydrogens is 292 g/mol. The summed E-state index contributed by atoms with van der Waals surface area (Å²) in [5.74, 6) is 0. The van der Waals surface area contributed by atoms with Crippen LogP contribution in [-0.2, 0) is 13.6 Å². The second-order valence-corrected chi connectivity index (χ2v) is 7.79. The Morgan fingerprint density at radius 3 is 1.68 bits per heavy atom. The molecule has 0 saturated carbocycles. The maximum Gasteiger partial charge on any atom is 0.407 e. The first-order valence-electron chi connectivity index (χ1n) is 7.80. The van der Waals surface area contributed by atoms with Crippen molar-refractivity contribution in [1.29, 1.82) is 0 Å². The zero-order chi connectivity index (χ0) is 15.7. The summed E-state index contributed by atoms with van der Waals surface area (Å²) in [5, 5.41) is 2.25. The van der Waals surface area contributed by atoms with Crippen molar-refractivity contribution >= 4 is 18.9 Å². The van der Waals surface area contributed by atoms with E-state index in [1.54, 1.807) is 0 Å². The van der Waals surface area contributed by atoms with Gasteiger partial charge in [0.15, 0.2) is 0 Å². The molecule has 2 aromatic rings. The van der Waals surface area contributed by atoms with Gasteiger partial charge < -0.3 is 13.6 Å². The van der Waals surface area contributed by atoms with Crippen molar-refractivity contribution in [2.75, 3.05) is 26.4 Å². The standard InChI is InChI=1S/C18H24O3Si/c1-3-19-15-16-21-22(20-4-2,17-11-7-5-8-12-17)18-13-9-6-10-14-18/h5-14H,3-4,15-16H2,1-2H3. The van der Waals surface area contributed by atoms with Gasteiger partial charge in [0.25, 0.3) is 0 Å². The predicted molar refractivity (Wildman–Crippen MR) is 92.0 cm³/mol. The Hall–Kier alpha value is -1.46. The quantitative estimate of drug-likeness (QED) is 0.525. The minimum Gasteiger partial charge on any atom is -0.388 e. The third-order valence-electron chi connectivity index (χ3n) is 3.39. The molecule has 0 fully saturated rings. The molecular formula is C18H24O3Si. The summed E-state index contributed by atoms with van der Waals surface area (Å²) in [6.45, 7) is 6.43. The number of hydrogen-bond acceptors (Lipinski definition) is 3. The second-order valence-electron chi connectivity index (χ2n) is 4.83. The maximum absolute atomic E-state index is 6.34.